The Morgan fingerprint density at radius 2 is 2.20 bits per heavy atom. The molecule has 1 aliphatic rings. The summed E-state index contributed by atoms with van der Waals surface area (Å²) in [7, 11) is 0. The topological polar surface area (TPSA) is 58.2 Å². The van der Waals surface area contributed by atoms with Gasteiger partial charge in [0.15, 0.2) is 5.78 Å². The summed E-state index contributed by atoms with van der Waals surface area (Å²) in [6, 6.07) is -0.491. The molecule has 0 radical (unpaired) electrons. The molecule has 0 aliphatic carbocycles. The Morgan fingerprint density at radius 1 is 1.53 bits per heavy atom. The summed E-state index contributed by atoms with van der Waals surface area (Å²) in [5.41, 5.74) is 0. The van der Waals surface area contributed by atoms with Crippen LogP contribution in [-0.4, -0.2) is 30.3 Å². The molecule has 0 aromatic carbocycles. The van der Waals surface area contributed by atoms with Crippen LogP contribution in [0.25, 0.3) is 0 Å². The minimum absolute atomic E-state index is 0.00519. The zero-order chi connectivity index (χ0) is 11.4. The van der Waals surface area contributed by atoms with Crippen molar-refractivity contribution >= 4 is 11.7 Å². The molecule has 1 aliphatic heterocycles. The van der Waals surface area contributed by atoms with Gasteiger partial charge in [0.2, 0.25) is 5.91 Å². The molecule has 3 unspecified atom stereocenters. The molecule has 0 saturated carbocycles. The van der Waals surface area contributed by atoms with Crippen LogP contribution in [0, 0.1) is 5.92 Å². The number of Topliss-reactive ketones (excluding diaryl/α,β-unsaturated/α-hetero) is 1. The van der Waals surface area contributed by atoms with E-state index in [9.17, 15) is 9.59 Å². The van der Waals surface area contributed by atoms with Crippen molar-refractivity contribution < 1.29 is 9.59 Å². The van der Waals surface area contributed by atoms with Gasteiger partial charge >= 0.3 is 0 Å². The molecule has 1 amide bonds. The molecule has 15 heavy (non-hydrogen) atoms. The summed E-state index contributed by atoms with van der Waals surface area (Å²) in [6.07, 6.45) is 2.04. The second kappa shape index (κ2) is 5.26. The van der Waals surface area contributed by atoms with Gasteiger partial charge in [0.1, 0.15) is 0 Å². The van der Waals surface area contributed by atoms with Gasteiger partial charge < -0.3 is 10.6 Å². The van der Waals surface area contributed by atoms with Crippen molar-refractivity contribution in [2.24, 2.45) is 5.92 Å². The van der Waals surface area contributed by atoms with Gasteiger partial charge in [-0.3, -0.25) is 9.59 Å². The second-order valence-corrected chi connectivity index (χ2v) is 4.23. The fourth-order valence-corrected chi connectivity index (χ4v) is 1.91. The Labute approximate surface area is 90.8 Å². The quantitative estimate of drug-likeness (QED) is 0.712. The van der Waals surface area contributed by atoms with Crippen molar-refractivity contribution in [2.45, 2.75) is 45.7 Å². The lowest BCUT2D eigenvalue weighted by Crippen LogP contribution is -2.48. The predicted octanol–water partition coefficient (Wildman–Crippen LogP) is 0.468. The van der Waals surface area contributed by atoms with E-state index in [0.29, 0.717) is 5.92 Å². The van der Waals surface area contributed by atoms with E-state index < -0.39 is 0 Å². The monoisotopic (exact) mass is 212 g/mol. The molecular weight excluding hydrogens is 192 g/mol. The molecule has 4 nitrogen and oxygen atoms in total. The van der Waals surface area contributed by atoms with Crippen molar-refractivity contribution in [3.05, 3.63) is 0 Å². The van der Waals surface area contributed by atoms with Crippen LogP contribution in [0.4, 0.5) is 0 Å². The smallest absolute Gasteiger partial charge is 0.237 e. The number of carbonyl (C=O) groups excluding carboxylic acids is 2. The van der Waals surface area contributed by atoms with Gasteiger partial charge in [0, 0.05) is 0 Å². The summed E-state index contributed by atoms with van der Waals surface area (Å²) in [5, 5.41) is 5.91. The van der Waals surface area contributed by atoms with Crippen molar-refractivity contribution in [2.75, 3.05) is 6.54 Å². The van der Waals surface area contributed by atoms with E-state index in [1.807, 2.05) is 0 Å². The van der Waals surface area contributed by atoms with Gasteiger partial charge in [0.05, 0.1) is 12.1 Å². The summed E-state index contributed by atoms with van der Waals surface area (Å²) < 4.78 is 0. The van der Waals surface area contributed by atoms with E-state index in [2.05, 4.69) is 17.6 Å². The summed E-state index contributed by atoms with van der Waals surface area (Å²) in [6.45, 7) is 6.19. The number of hydrogen-bond donors (Lipinski definition) is 2. The Kier molecular flexibility index (Phi) is 4.27. The molecule has 86 valence electrons. The second-order valence-electron chi connectivity index (χ2n) is 4.23. The fraction of sp³-hybridized carbons (Fsp3) is 0.818. The lowest BCUT2D eigenvalue weighted by atomic mass is 9.97. The Bertz CT molecular complexity index is 253. The maximum Gasteiger partial charge on any atom is 0.237 e. The summed E-state index contributed by atoms with van der Waals surface area (Å²) >= 11 is 0. The first-order chi connectivity index (χ1) is 7.06. The van der Waals surface area contributed by atoms with E-state index >= 15 is 0 Å². The molecule has 0 aromatic heterocycles. The third kappa shape index (κ3) is 3.02. The van der Waals surface area contributed by atoms with E-state index in [-0.39, 0.29) is 23.8 Å². The minimum atomic E-state index is -0.377. The number of carbonyl (C=O) groups is 2. The highest BCUT2D eigenvalue weighted by molar-refractivity contribution is 5.89. The van der Waals surface area contributed by atoms with Crippen LogP contribution in [0.3, 0.4) is 0 Å². The van der Waals surface area contributed by atoms with Crippen LogP contribution in [0.15, 0.2) is 0 Å². The zero-order valence-electron chi connectivity index (χ0n) is 9.67. The van der Waals surface area contributed by atoms with Crippen molar-refractivity contribution in [3.8, 4) is 0 Å². The van der Waals surface area contributed by atoms with Crippen LogP contribution in [-0.2, 0) is 9.59 Å². The minimum Gasteiger partial charge on any atom is -0.345 e. The third-order valence-corrected chi connectivity index (χ3v) is 3.13. The molecule has 3 atom stereocenters. The maximum atomic E-state index is 11.8. The number of hydrogen-bond acceptors (Lipinski definition) is 3. The summed E-state index contributed by atoms with van der Waals surface area (Å²) in [4.78, 5) is 22.8. The average Bonchev–Trinajstić information content (AvgIpc) is 2.64. The molecule has 1 saturated heterocycles. The van der Waals surface area contributed by atoms with Gasteiger partial charge in [-0.05, 0) is 32.7 Å². The number of rotatable bonds is 4. The highest BCUT2D eigenvalue weighted by Gasteiger charge is 2.31. The van der Waals surface area contributed by atoms with Crippen molar-refractivity contribution in [1.29, 1.82) is 0 Å². The molecule has 0 aromatic rings. The highest BCUT2D eigenvalue weighted by atomic mass is 16.2. The molecule has 1 rings (SSSR count). The molecule has 1 fully saturated rings. The Hall–Kier alpha value is -0.900. The molecule has 2 N–H and O–H groups in total. The number of ketones is 1. The van der Waals surface area contributed by atoms with Gasteiger partial charge in [-0.1, -0.05) is 13.3 Å². The molecule has 0 spiro atoms. The highest BCUT2D eigenvalue weighted by Crippen LogP contribution is 2.18. The van der Waals surface area contributed by atoms with Crippen molar-refractivity contribution in [1.82, 2.24) is 10.6 Å². The molecule has 4 heteroatoms. The van der Waals surface area contributed by atoms with Crippen LogP contribution in [0.5, 0.6) is 0 Å². The number of amides is 1. The first-order valence-electron chi connectivity index (χ1n) is 5.60. The Balaban J connectivity index is 2.49. The van der Waals surface area contributed by atoms with Gasteiger partial charge in [0.25, 0.3) is 0 Å². The van der Waals surface area contributed by atoms with Crippen LogP contribution in [0.2, 0.25) is 0 Å². The van der Waals surface area contributed by atoms with Gasteiger partial charge in [-0.15, -0.1) is 0 Å². The van der Waals surface area contributed by atoms with Gasteiger partial charge in [-0.25, -0.2) is 0 Å². The zero-order valence-corrected chi connectivity index (χ0v) is 9.67. The fourth-order valence-electron chi connectivity index (χ4n) is 1.91. The number of nitrogens with one attached hydrogen (secondary N) is 2. The van der Waals surface area contributed by atoms with E-state index in [0.717, 1.165) is 19.4 Å². The largest absolute Gasteiger partial charge is 0.345 e. The van der Waals surface area contributed by atoms with Crippen LogP contribution >= 0.6 is 0 Å². The third-order valence-electron chi connectivity index (χ3n) is 3.13. The normalized spacial score (nSPS) is 27.4. The standard InChI is InChI=1S/C11H20N2O2/c1-4-9-5-6-12-10(9)11(15)13-7(2)8(3)14/h7,9-10,12H,4-6H2,1-3H3,(H,13,15). The molecule has 1 heterocycles. The first-order valence-corrected chi connectivity index (χ1v) is 5.60. The van der Waals surface area contributed by atoms with E-state index in [4.69, 9.17) is 0 Å². The Morgan fingerprint density at radius 3 is 2.73 bits per heavy atom. The van der Waals surface area contributed by atoms with Gasteiger partial charge in [-0.2, -0.15) is 0 Å². The SMILES string of the molecule is CCC1CCNC1C(=O)NC(C)C(C)=O. The van der Waals surface area contributed by atoms with Crippen LogP contribution < -0.4 is 10.6 Å². The van der Waals surface area contributed by atoms with Crippen LogP contribution in [0.1, 0.15) is 33.6 Å². The lowest BCUT2D eigenvalue weighted by Gasteiger charge is -2.19. The first kappa shape index (κ1) is 12.2. The lowest BCUT2D eigenvalue weighted by molar-refractivity contribution is -0.128. The molecular formula is C11H20N2O2. The van der Waals surface area contributed by atoms with E-state index in [1.165, 1.54) is 6.92 Å². The summed E-state index contributed by atoms with van der Waals surface area (Å²) in [5.74, 6) is 0.362. The molecule has 0 bridgehead atoms. The predicted molar refractivity (Wildman–Crippen MR) is 58.5 cm³/mol. The maximum absolute atomic E-state index is 11.8. The average molecular weight is 212 g/mol. The van der Waals surface area contributed by atoms with Crippen molar-refractivity contribution in [3.63, 3.8) is 0 Å². The van der Waals surface area contributed by atoms with E-state index in [1.54, 1.807) is 6.92 Å².